The topological polar surface area (TPSA) is 48.4 Å². The van der Waals surface area contributed by atoms with Crippen LogP contribution in [0.3, 0.4) is 0 Å². The highest BCUT2D eigenvalue weighted by molar-refractivity contribution is 7.09. The molecule has 0 radical (unpaired) electrons. The fourth-order valence-corrected chi connectivity index (χ4v) is 3.79. The van der Waals surface area contributed by atoms with Gasteiger partial charge >= 0.3 is 5.97 Å². The number of aryl methyl sites for hydroxylation is 1. The fourth-order valence-electron chi connectivity index (χ4n) is 2.70. The van der Waals surface area contributed by atoms with E-state index in [-0.39, 0.29) is 11.6 Å². The second kappa shape index (κ2) is 6.68. The molecular formula is C15H23NO3S. The monoisotopic (exact) mass is 297 g/mol. The number of carbonyl (C=O) groups is 1. The number of rotatable bonds is 5. The molecule has 1 aromatic heterocycles. The number of ether oxygens (including phenoxy) is 2. The van der Waals surface area contributed by atoms with Crippen LogP contribution >= 0.6 is 11.3 Å². The lowest BCUT2D eigenvalue weighted by molar-refractivity contribution is -0.140. The van der Waals surface area contributed by atoms with Crippen LogP contribution in [0.25, 0.3) is 0 Å². The van der Waals surface area contributed by atoms with E-state index in [2.05, 4.69) is 11.7 Å². The van der Waals surface area contributed by atoms with Crippen LogP contribution in [0.15, 0.2) is 5.38 Å². The van der Waals surface area contributed by atoms with Gasteiger partial charge in [0.05, 0.1) is 19.2 Å². The lowest BCUT2D eigenvalue weighted by Gasteiger charge is -2.36. The van der Waals surface area contributed by atoms with E-state index in [4.69, 9.17) is 9.72 Å². The van der Waals surface area contributed by atoms with Gasteiger partial charge in [-0.15, -0.1) is 11.3 Å². The minimum atomic E-state index is -0.208. The molecule has 0 bridgehead atoms. The summed E-state index contributed by atoms with van der Waals surface area (Å²) < 4.78 is 10.5. The molecule has 5 heteroatoms. The van der Waals surface area contributed by atoms with Crippen LogP contribution in [0.4, 0.5) is 0 Å². The molecule has 0 unspecified atom stereocenters. The highest BCUT2D eigenvalue weighted by Crippen LogP contribution is 2.43. The van der Waals surface area contributed by atoms with E-state index in [1.165, 1.54) is 20.0 Å². The van der Waals surface area contributed by atoms with Crippen LogP contribution in [-0.2, 0) is 26.3 Å². The van der Waals surface area contributed by atoms with Crippen molar-refractivity contribution in [3.05, 3.63) is 16.1 Å². The first-order chi connectivity index (χ1) is 9.59. The lowest BCUT2D eigenvalue weighted by atomic mass is 9.80. The summed E-state index contributed by atoms with van der Waals surface area (Å²) in [5, 5.41) is 3.10. The lowest BCUT2D eigenvalue weighted by Crippen LogP contribution is -2.33. The third-order valence-electron chi connectivity index (χ3n) is 4.23. The maximum atomic E-state index is 11.2. The summed E-state index contributed by atoms with van der Waals surface area (Å²) in [7, 11) is 3.20. The van der Waals surface area contributed by atoms with E-state index in [0.29, 0.717) is 12.8 Å². The quantitative estimate of drug-likeness (QED) is 0.782. The molecule has 0 atom stereocenters. The van der Waals surface area contributed by atoms with E-state index in [1.54, 1.807) is 18.4 Å². The number of aromatic nitrogens is 1. The van der Waals surface area contributed by atoms with Gasteiger partial charge in [0.25, 0.3) is 0 Å². The van der Waals surface area contributed by atoms with Crippen molar-refractivity contribution in [3.8, 4) is 0 Å². The molecule has 0 saturated heterocycles. The van der Waals surface area contributed by atoms with Crippen LogP contribution in [-0.4, -0.2) is 25.2 Å². The Morgan fingerprint density at radius 2 is 2.15 bits per heavy atom. The average Bonchev–Trinajstić information content (AvgIpc) is 2.95. The molecule has 1 fully saturated rings. The second-order valence-electron chi connectivity index (χ2n) is 5.60. The van der Waals surface area contributed by atoms with Crippen molar-refractivity contribution in [1.82, 2.24) is 4.98 Å². The normalized spacial score (nSPS) is 26.4. The minimum absolute atomic E-state index is 0.188. The number of hydrogen-bond donors (Lipinski definition) is 0. The Balaban J connectivity index is 2.04. The average molecular weight is 297 g/mol. The molecule has 0 aromatic carbocycles. The number of methoxy groups -OCH3 is 2. The van der Waals surface area contributed by atoms with Crippen LogP contribution in [0, 0.1) is 5.92 Å². The van der Waals surface area contributed by atoms with E-state index < -0.39 is 0 Å². The predicted molar refractivity (Wildman–Crippen MR) is 78.8 cm³/mol. The van der Waals surface area contributed by atoms with Gasteiger partial charge in [0.2, 0.25) is 0 Å². The molecule has 0 aliphatic heterocycles. The van der Waals surface area contributed by atoms with Crippen molar-refractivity contribution >= 4 is 17.3 Å². The molecule has 1 saturated carbocycles. The first kappa shape index (κ1) is 15.4. The number of thiazole rings is 1. The Kier molecular flexibility index (Phi) is 5.16. The second-order valence-corrected chi connectivity index (χ2v) is 6.46. The zero-order valence-electron chi connectivity index (χ0n) is 12.5. The summed E-state index contributed by atoms with van der Waals surface area (Å²) in [6.45, 7) is 2.29. The van der Waals surface area contributed by atoms with Crippen molar-refractivity contribution in [1.29, 1.82) is 0 Å². The summed E-state index contributed by atoms with van der Waals surface area (Å²) in [6.07, 6.45) is 5.47. The smallest absolute Gasteiger partial charge is 0.305 e. The van der Waals surface area contributed by atoms with Gasteiger partial charge in [0, 0.05) is 18.9 Å². The Hall–Kier alpha value is -0.940. The number of esters is 1. The van der Waals surface area contributed by atoms with Gasteiger partial charge in [-0.2, -0.15) is 0 Å². The maximum absolute atomic E-state index is 11.2. The van der Waals surface area contributed by atoms with Gasteiger partial charge in [-0.3, -0.25) is 4.79 Å². The van der Waals surface area contributed by atoms with Crippen LogP contribution in [0.5, 0.6) is 0 Å². The number of nitrogens with zero attached hydrogens (tertiary/aromatic N) is 1. The Bertz CT molecular complexity index is 450. The minimum Gasteiger partial charge on any atom is -0.469 e. The third kappa shape index (κ3) is 3.38. The van der Waals surface area contributed by atoms with E-state index in [0.717, 1.165) is 29.5 Å². The van der Waals surface area contributed by atoms with Crippen molar-refractivity contribution in [2.75, 3.05) is 14.2 Å². The molecule has 1 heterocycles. The Labute approximate surface area is 124 Å². The predicted octanol–water partition coefficient (Wildman–Crippen LogP) is 3.30. The van der Waals surface area contributed by atoms with Gasteiger partial charge in [0.15, 0.2) is 0 Å². The van der Waals surface area contributed by atoms with E-state index >= 15 is 0 Å². The third-order valence-corrected chi connectivity index (χ3v) is 5.30. The Morgan fingerprint density at radius 1 is 1.45 bits per heavy atom. The molecule has 0 spiro atoms. The van der Waals surface area contributed by atoms with Crippen LogP contribution in [0.1, 0.15) is 49.7 Å². The highest BCUT2D eigenvalue weighted by Gasteiger charge is 2.38. The van der Waals surface area contributed by atoms with Gasteiger partial charge < -0.3 is 9.47 Å². The Morgan fingerprint density at radius 3 is 2.75 bits per heavy atom. The molecular weight excluding hydrogens is 274 g/mol. The van der Waals surface area contributed by atoms with Crippen molar-refractivity contribution in [2.45, 2.75) is 51.0 Å². The summed E-state index contributed by atoms with van der Waals surface area (Å²) in [6, 6.07) is 0. The molecule has 1 aliphatic carbocycles. The first-order valence-corrected chi connectivity index (χ1v) is 8.04. The van der Waals surface area contributed by atoms with Crippen molar-refractivity contribution in [3.63, 3.8) is 0 Å². The number of hydrogen-bond acceptors (Lipinski definition) is 5. The van der Waals surface area contributed by atoms with Gasteiger partial charge in [-0.25, -0.2) is 4.98 Å². The van der Waals surface area contributed by atoms with E-state index in [9.17, 15) is 4.79 Å². The van der Waals surface area contributed by atoms with Crippen LogP contribution in [0.2, 0.25) is 0 Å². The molecule has 112 valence electrons. The largest absolute Gasteiger partial charge is 0.469 e. The van der Waals surface area contributed by atoms with Gasteiger partial charge in [-0.05, 0) is 31.6 Å². The van der Waals surface area contributed by atoms with Gasteiger partial charge in [-0.1, -0.05) is 6.92 Å². The molecule has 4 nitrogen and oxygen atoms in total. The van der Waals surface area contributed by atoms with E-state index in [1.807, 2.05) is 5.38 Å². The number of carbonyl (C=O) groups excluding carboxylic acids is 1. The molecule has 20 heavy (non-hydrogen) atoms. The molecule has 1 aromatic rings. The maximum Gasteiger partial charge on any atom is 0.305 e. The van der Waals surface area contributed by atoms with Crippen molar-refractivity contribution in [2.24, 2.45) is 5.92 Å². The van der Waals surface area contributed by atoms with Crippen molar-refractivity contribution < 1.29 is 14.3 Å². The fraction of sp³-hybridized carbons (Fsp3) is 0.733. The molecule has 0 amide bonds. The molecule has 2 rings (SSSR count). The molecule has 1 aliphatic rings. The van der Waals surface area contributed by atoms with Crippen LogP contribution < -0.4 is 0 Å². The van der Waals surface area contributed by atoms with Gasteiger partial charge in [0.1, 0.15) is 10.6 Å². The zero-order valence-corrected chi connectivity index (χ0v) is 13.3. The standard InChI is InChI=1S/C15H23NO3S/c1-11-6-8-15(19-3,9-7-11)14-16-12(10-20-14)4-5-13(17)18-2/h10-11H,4-9H2,1-3H3. The zero-order chi connectivity index (χ0) is 14.6. The summed E-state index contributed by atoms with van der Waals surface area (Å²) in [4.78, 5) is 15.9. The molecule has 0 N–H and O–H groups in total. The summed E-state index contributed by atoms with van der Waals surface area (Å²) in [5.74, 6) is 0.588. The first-order valence-electron chi connectivity index (χ1n) is 7.16. The SMILES string of the molecule is COC(=O)CCc1csc(C2(OC)CCC(C)CC2)n1. The summed E-state index contributed by atoms with van der Waals surface area (Å²) >= 11 is 1.65. The summed E-state index contributed by atoms with van der Waals surface area (Å²) in [5.41, 5.74) is 0.756. The highest BCUT2D eigenvalue weighted by atomic mass is 32.1.